The van der Waals surface area contributed by atoms with Crippen LogP contribution in [0.3, 0.4) is 0 Å². The molecule has 0 aliphatic carbocycles. The van der Waals surface area contributed by atoms with E-state index in [1.165, 1.54) is 17.9 Å². The Balaban J connectivity index is 2.19. The number of rotatable bonds is 2. The Morgan fingerprint density at radius 1 is 1.43 bits per heavy atom. The van der Waals surface area contributed by atoms with Crippen LogP contribution in [0.15, 0.2) is 11.0 Å². The molecule has 0 atom stereocenters. The topological polar surface area (TPSA) is 88.2 Å². The van der Waals surface area contributed by atoms with Gasteiger partial charge in [0.05, 0.1) is 13.3 Å². The summed E-state index contributed by atoms with van der Waals surface area (Å²) in [5.41, 5.74) is 0.900. The molecule has 2 aromatic rings. The van der Waals surface area contributed by atoms with Gasteiger partial charge < -0.3 is 9.47 Å². The summed E-state index contributed by atoms with van der Waals surface area (Å²) in [6.45, 7) is 1.23. The fourth-order valence-electron chi connectivity index (χ4n) is 2.60. The monoisotopic (exact) mass is 292 g/mol. The number of carbonyl (C=O) groups excluding carboxylic acids is 1. The number of nitrogens with zero attached hydrogens (tertiary/aromatic N) is 4. The highest BCUT2D eigenvalue weighted by molar-refractivity contribution is 5.87. The lowest BCUT2D eigenvalue weighted by Crippen LogP contribution is -2.30. The molecule has 0 spiro atoms. The zero-order chi connectivity index (χ0) is 15.0. The van der Waals surface area contributed by atoms with Crippen molar-refractivity contribution < 1.29 is 14.3 Å². The molecule has 3 heterocycles. The SMILES string of the molecule is COC(=O)c1ncc2c(n1)n(C1CCOCC1)c(=O)n2C. The molecule has 0 amide bonds. The van der Waals surface area contributed by atoms with Crippen molar-refractivity contribution in [2.45, 2.75) is 18.9 Å². The van der Waals surface area contributed by atoms with Crippen LogP contribution in [0.5, 0.6) is 0 Å². The van der Waals surface area contributed by atoms with Crippen molar-refractivity contribution in [2.24, 2.45) is 7.05 Å². The summed E-state index contributed by atoms with van der Waals surface area (Å²) >= 11 is 0. The van der Waals surface area contributed by atoms with E-state index in [0.717, 1.165) is 12.8 Å². The molecule has 3 rings (SSSR count). The molecule has 0 unspecified atom stereocenters. The van der Waals surface area contributed by atoms with Gasteiger partial charge in [0.15, 0.2) is 5.65 Å². The molecule has 0 N–H and O–H groups in total. The average Bonchev–Trinajstić information content (AvgIpc) is 2.78. The first kappa shape index (κ1) is 13.7. The van der Waals surface area contributed by atoms with E-state index < -0.39 is 5.97 Å². The maximum atomic E-state index is 12.4. The van der Waals surface area contributed by atoms with E-state index in [-0.39, 0.29) is 17.6 Å². The van der Waals surface area contributed by atoms with Crippen LogP contribution in [0.1, 0.15) is 29.5 Å². The Labute approximate surface area is 120 Å². The van der Waals surface area contributed by atoms with Crippen LogP contribution in [0.2, 0.25) is 0 Å². The van der Waals surface area contributed by atoms with Gasteiger partial charge in [-0.2, -0.15) is 0 Å². The van der Waals surface area contributed by atoms with Crippen molar-refractivity contribution in [3.05, 3.63) is 22.5 Å². The molecule has 1 aliphatic heterocycles. The lowest BCUT2D eigenvalue weighted by Gasteiger charge is -2.22. The Morgan fingerprint density at radius 2 is 2.14 bits per heavy atom. The summed E-state index contributed by atoms with van der Waals surface area (Å²) in [4.78, 5) is 32.2. The van der Waals surface area contributed by atoms with Gasteiger partial charge in [0.2, 0.25) is 5.82 Å². The van der Waals surface area contributed by atoms with E-state index in [1.54, 1.807) is 11.6 Å². The maximum absolute atomic E-state index is 12.4. The first-order chi connectivity index (χ1) is 10.1. The van der Waals surface area contributed by atoms with E-state index in [1.807, 2.05) is 0 Å². The third-order valence-electron chi connectivity index (χ3n) is 3.76. The average molecular weight is 292 g/mol. The molecular formula is C13H16N4O4. The van der Waals surface area contributed by atoms with Crippen LogP contribution in [0.25, 0.3) is 11.2 Å². The minimum atomic E-state index is -0.619. The number of hydrogen-bond donors (Lipinski definition) is 0. The van der Waals surface area contributed by atoms with Crippen molar-refractivity contribution in [2.75, 3.05) is 20.3 Å². The largest absolute Gasteiger partial charge is 0.463 e. The van der Waals surface area contributed by atoms with Crippen LogP contribution in [0, 0.1) is 0 Å². The minimum Gasteiger partial charge on any atom is -0.463 e. The summed E-state index contributed by atoms with van der Waals surface area (Å²) in [6.07, 6.45) is 2.97. The number of methoxy groups -OCH3 is 1. The van der Waals surface area contributed by atoms with Gasteiger partial charge >= 0.3 is 11.7 Å². The van der Waals surface area contributed by atoms with Gasteiger partial charge in [0.25, 0.3) is 0 Å². The van der Waals surface area contributed by atoms with E-state index in [0.29, 0.717) is 24.4 Å². The summed E-state index contributed by atoms with van der Waals surface area (Å²) in [6, 6.07) is 0.0235. The molecule has 21 heavy (non-hydrogen) atoms. The Morgan fingerprint density at radius 3 is 2.81 bits per heavy atom. The number of carbonyl (C=O) groups is 1. The zero-order valence-corrected chi connectivity index (χ0v) is 11.9. The number of aryl methyl sites for hydroxylation is 1. The Hall–Kier alpha value is -2.22. The Bertz CT molecular complexity index is 742. The van der Waals surface area contributed by atoms with Gasteiger partial charge in [-0.05, 0) is 12.8 Å². The quantitative estimate of drug-likeness (QED) is 0.738. The molecule has 1 fully saturated rings. The first-order valence-corrected chi connectivity index (χ1v) is 6.73. The van der Waals surface area contributed by atoms with Crippen molar-refractivity contribution in [1.82, 2.24) is 19.1 Å². The molecule has 2 aromatic heterocycles. The third-order valence-corrected chi connectivity index (χ3v) is 3.76. The highest BCUT2D eigenvalue weighted by Gasteiger charge is 2.24. The normalized spacial score (nSPS) is 16.3. The van der Waals surface area contributed by atoms with E-state index >= 15 is 0 Å². The maximum Gasteiger partial charge on any atom is 0.376 e. The fraction of sp³-hybridized carbons (Fsp3) is 0.538. The van der Waals surface area contributed by atoms with Gasteiger partial charge in [-0.3, -0.25) is 9.13 Å². The van der Waals surface area contributed by atoms with E-state index in [9.17, 15) is 9.59 Å². The van der Waals surface area contributed by atoms with Crippen molar-refractivity contribution in [3.63, 3.8) is 0 Å². The van der Waals surface area contributed by atoms with Crippen molar-refractivity contribution >= 4 is 17.1 Å². The van der Waals surface area contributed by atoms with E-state index in [2.05, 4.69) is 14.7 Å². The van der Waals surface area contributed by atoms with Crippen molar-refractivity contribution in [3.8, 4) is 0 Å². The Kier molecular flexibility index (Phi) is 3.46. The standard InChI is InChI=1S/C13H16N4O4/c1-16-9-7-14-10(12(18)20-2)15-11(9)17(13(16)19)8-3-5-21-6-4-8/h7-8H,3-6H2,1-2H3. The van der Waals surface area contributed by atoms with Gasteiger partial charge in [-0.25, -0.2) is 19.6 Å². The molecule has 1 saturated heterocycles. The first-order valence-electron chi connectivity index (χ1n) is 6.73. The molecular weight excluding hydrogens is 276 g/mol. The molecule has 0 saturated carbocycles. The van der Waals surface area contributed by atoms with Crippen LogP contribution in [-0.4, -0.2) is 45.4 Å². The van der Waals surface area contributed by atoms with Crippen LogP contribution >= 0.6 is 0 Å². The smallest absolute Gasteiger partial charge is 0.376 e. The van der Waals surface area contributed by atoms with Gasteiger partial charge in [0.1, 0.15) is 5.52 Å². The third kappa shape index (κ3) is 2.21. The van der Waals surface area contributed by atoms with Crippen LogP contribution in [0.4, 0.5) is 0 Å². The predicted molar refractivity (Wildman–Crippen MR) is 73.2 cm³/mol. The summed E-state index contributed by atoms with van der Waals surface area (Å²) in [5.74, 6) is -0.664. The molecule has 8 nitrogen and oxygen atoms in total. The lowest BCUT2D eigenvalue weighted by molar-refractivity contribution is 0.0586. The number of fused-ring (bicyclic) bond motifs is 1. The zero-order valence-electron chi connectivity index (χ0n) is 11.9. The van der Waals surface area contributed by atoms with Gasteiger partial charge in [-0.1, -0.05) is 0 Å². The van der Waals surface area contributed by atoms with Gasteiger partial charge in [-0.15, -0.1) is 0 Å². The van der Waals surface area contributed by atoms with Crippen LogP contribution < -0.4 is 5.69 Å². The molecule has 8 heteroatoms. The summed E-state index contributed by atoms with van der Waals surface area (Å²) < 4.78 is 13.1. The van der Waals surface area contributed by atoms with Crippen molar-refractivity contribution in [1.29, 1.82) is 0 Å². The highest BCUT2D eigenvalue weighted by atomic mass is 16.5. The fourth-order valence-corrected chi connectivity index (χ4v) is 2.60. The predicted octanol–water partition coefficient (Wildman–Crippen LogP) is 0.268. The number of aromatic nitrogens is 4. The summed E-state index contributed by atoms with van der Waals surface area (Å²) in [5, 5.41) is 0. The summed E-state index contributed by atoms with van der Waals surface area (Å²) in [7, 11) is 2.94. The molecule has 112 valence electrons. The molecule has 1 aliphatic rings. The second-order valence-corrected chi connectivity index (χ2v) is 4.95. The number of ether oxygens (including phenoxy) is 2. The second kappa shape index (κ2) is 5.28. The minimum absolute atomic E-state index is 0.0235. The molecule has 0 bridgehead atoms. The van der Waals surface area contributed by atoms with Gasteiger partial charge in [0, 0.05) is 26.3 Å². The number of imidazole rings is 1. The number of hydrogen-bond acceptors (Lipinski definition) is 6. The highest BCUT2D eigenvalue weighted by Crippen LogP contribution is 2.23. The lowest BCUT2D eigenvalue weighted by atomic mass is 10.1. The molecule has 0 radical (unpaired) electrons. The second-order valence-electron chi connectivity index (χ2n) is 4.95. The van der Waals surface area contributed by atoms with Crippen LogP contribution in [-0.2, 0) is 16.5 Å². The van der Waals surface area contributed by atoms with E-state index in [4.69, 9.17) is 4.74 Å². The number of esters is 1. The molecule has 0 aromatic carbocycles.